The third kappa shape index (κ3) is 2.41. The van der Waals surface area contributed by atoms with E-state index in [2.05, 4.69) is 0 Å². The largest absolute Gasteiger partial charge is 0.329 e. The van der Waals surface area contributed by atoms with Crippen molar-refractivity contribution in [2.75, 3.05) is 13.1 Å². The zero-order valence-corrected chi connectivity index (χ0v) is 12.0. The van der Waals surface area contributed by atoms with Crippen LogP contribution in [-0.4, -0.2) is 36.8 Å². The standard InChI is InChI=1S/C12H17N3O4S/c1-9-11(15(16)17)5-2-6-12(9)20(18,19)14-7-3-4-10(14)8-13/h2,5-6,10H,3-4,7-8,13H2,1H3. The van der Waals surface area contributed by atoms with Crippen molar-refractivity contribution in [1.29, 1.82) is 0 Å². The lowest BCUT2D eigenvalue weighted by Crippen LogP contribution is -2.40. The van der Waals surface area contributed by atoms with Crippen LogP contribution in [0.15, 0.2) is 23.1 Å². The van der Waals surface area contributed by atoms with Gasteiger partial charge in [0.2, 0.25) is 10.0 Å². The van der Waals surface area contributed by atoms with Gasteiger partial charge in [0.05, 0.1) is 9.82 Å². The number of hydrogen-bond donors (Lipinski definition) is 1. The van der Waals surface area contributed by atoms with Crippen LogP contribution in [0.3, 0.4) is 0 Å². The second kappa shape index (κ2) is 5.47. The number of sulfonamides is 1. The van der Waals surface area contributed by atoms with Gasteiger partial charge in [0.15, 0.2) is 0 Å². The second-order valence-corrected chi connectivity index (χ2v) is 6.66. The molecule has 2 N–H and O–H groups in total. The predicted molar refractivity (Wildman–Crippen MR) is 73.8 cm³/mol. The van der Waals surface area contributed by atoms with Gasteiger partial charge in [-0.2, -0.15) is 4.31 Å². The molecule has 2 rings (SSSR count). The summed E-state index contributed by atoms with van der Waals surface area (Å²) in [5.41, 5.74) is 5.58. The summed E-state index contributed by atoms with van der Waals surface area (Å²) in [6.07, 6.45) is 1.48. The van der Waals surface area contributed by atoms with Crippen LogP contribution >= 0.6 is 0 Å². The van der Waals surface area contributed by atoms with E-state index in [-0.39, 0.29) is 28.7 Å². The van der Waals surface area contributed by atoms with Crippen LogP contribution < -0.4 is 5.73 Å². The van der Waals surface area contributed by atoms with Crippen molar-refractivity contribution in [3.8, 4) is 0 Å². The molecule has 0 amide bonds. The molecule has 8 heteroatoms. The Kier molecular flexibility index (Phi) is 4.07. The third-order valence-corrected chi connectivity index (χ3v) is 5.73. The second-order valence-electron chi connectivity index (χ2n) is 4.80. The molecule has 1 aromatic carbocycles. The van der Waals surface area contributed by atoms with Crippen molar-refractivity contribution in [3.05, 3.63) is 33.9 Å². The summed E-state index contributed by atoms with van der Waals surface area (Å²) in [5, 5.41) is 10.9. The normalized spacial score (nSPS) is 20.2. The molecule has 0 radical (unpaired) electrons. The highest BCUT2D eigenvalue weighted by Crippen LogP contribution is 2.30. The molecule has 1 saturated heterocycles. The molecule has 0 spiro atoms. The van der Waals surface area contributed by atoms with Gasteiger partial charge in [-0.25, -0.2) is 8.42 Å². The summed E-state index contributed by atoms with van der Waals surface area (Å²) in [6, 6.07) is 3.88. The van der Waals surface area contributed by atoms with Crippen molar-refractivity contribution in [2.45, 2.75) is 30.7 Å². The molecule has 1 aliphatic rings. The van der Waals surface area contributed by atoms with E-state index < -0.39 is 14.9 Å². The van der Waals surface area contributed by atoms with E-state index in [9.17, 15) is 18.5 Å². The Morgan fingerprint density at radius 1 is 1.50 bits per heavy atom. The molecular weight excluding hydrogens is 282 g/mol. The van der Waals surface area contributed by atoms with Gasteiger partial charge in [-0.15, -0.1) is 0 Å². The van der Waals surface area contributed by atoms with E-state index >= 15 is 0 Å². The average Bonchev–Trinajstić information content (AvgIpc) is 2.87. The number of benzene rings is 1. The molecule has 1 aromatic rings. The van der Waals surface area contributed by atoms with Crippen molar-refractivity contribution < 1.29 is 13.3 Å². The Balaban J connectivity index is 2.50. The van der Waals surface area contributed by atoms with Gasteiger partial charge in [0.1, 0.15) is 0 Å². The Bertz CT molecular complexity index is 630. The van der Waals surface area contributed by atoms with E-state index in [1.807, 2.05) is 0 Å². The lowest BCUT2D eigenvalue weighted by molar-refractivity contribution is -0.385. The van der Waals surface area contributed by atoms with E-state index in [1.165, 1.54) is 29.4 Å². The highest BCUT2D eigenvalue weighted by Gasteiger charge is 2.36. The number of nitro benzene ring substituents is 1. The first kappa shape index (κ1) is 14.9. The molecule has 1 unspecified atom stereocenters. The fraction of sp³-hybridized carbons (Fsp3) is 0.500. The predicted octanol–water partition coefficient (Wildman–Crippen LogP) is 1.02. The topological polar surface area (TPSA) is 107 Å². The highest BCUT2D eigenvalue weighted by molar-refractivity contribution is 7.89. The van der Waals surface area contributed by atoms with E-state index in [4.69, 9.17) is 5.73 Å². The zero-order valence-electron chi connectivity index (χ0n) is 11.2. The van der Waals surface area contributed by atoms with Crippen LogP contribution in [0.1, 0.15) is 18.4 Å². The minimum Gasteiger partial charge on any atom is -0.329 e. The van der Waals surface area contributed by atoms with Crippen molar-refractivity contribution in [3.63, 3.8) is 0 Å². The first-order valence-corrected chi connectivity index (χ1v) is 7.79. The van der Waals surface area contributed by atoms with Gasteiger partial charge in [-0.05, 0) is 25.8 Å². The number of nitrogens with zero attached hydrogens (tertiary/aromatic N) is 2. The molecule has 20 heavy (non-hydrogen) atoms. The van der Waals surface area contributed by atoms with Gasteiger partial charge in [-0.3, -0.25) is 10.1 Å². The maximum atomic E-state index is 12.6. The van der Waals surface area contributed by atoms with Gasteiger partial charge in [0.25, 0.3) is 5.69 Å². The monoisotopic (exact) mass is 299 g/mol. The van der Waals surface area contributed by atoms with Gasteiger partial charge < -0.3 is 5.73 Å². The smallest absolute Gasteiger partial charge is 0.273 e. The van der Waals surface area contributed by atoms with Gasteiger partial charge in [0, 0.05) is 30.8 Å². The molecule has 1 fully saturated rings. The van der Waals surface area contributed by atoms with Gasteiger partial charge in [-0.1, -0.05) is 6.07 Å². The van der Waals surface area contributed by atoms with Crippen LogP contribution in [0.5, 0.6) is 0 Å². The van der Waals surface area contributed by atoms with E-state index in [1.54, 1.807) is 0 Å². The summed E-state index contributed by atoms with van der Waals surface area (Å²) >= 11 is 0. The van der Waals surface area contributed by atoms with Crippen LogP contribution in [0, 0.1) is 17.0 Å². The highest BCUT2D eigenvalue weighted by atomic mass is 32.2. The molecule has 0 aliphatic carbocycles. The fourth-order valence-corrected chi connectivity index (χ4v) is 4.52. The lowest BCUT2D eigenvalue weighted by atomic mass is 10.2. The lowest BCUT2D eigenvalue weighted by Gasteiger charge is -2.23. The van der Waals surface area contributed by atoms with Crippen LogP contribution in [0.4, 0.5) is 5.69 Å². The van der Waals surface area contributed by atoms with Crippen LogP contribution in [0.2, 0.25) is 0 Å². The molecular formula is C12H17N3O4S. The average molecular weight is 299 g/mol. The Hall–Kier alpha value is -1.51. The summed E-state index contributed by atoms with van der Waals surface area (Å²) in [4.78, 5) is 10.3. The van der Waals surface area contributed by atoms with Crippen molar-refractivity contribution in [1.82, 2.24) is 4.31 Å². The summed E-state index contributed by atoms with van der Waals surface area (Å²) in [6.45, 7) is 2.12. The minimum atomic E-state index is -3.74. The number of nitrogens with two attached hydrogens (primary N) is 1. The molecule has 1 heterocycles. The Morgan fingerprint density at radius 3 is 2.80 bits per heavy atom. The fourth-order valence-electron chi connectivity index (χ4n) is 2.57. The van der Waals surface area contributed by atoms with Crippen molar-refractivity contribution in [2.24, 2.45) is 5.73 Å². The molecule has 0 aromatic heterocycles. The summed E-state index contributed by atoms with van der Waals surface area (Å²) in [5.74, 6) is 0. The molecule has 0 saturated carbocycles. The SMILES string of the molecule is Cc1c([N+](=O)[O-])cccc1S(=O)(=O)N1CCCC1CN. The molecule has 1 aliphatic heterocycles. The number of rotatable bonds is 4. The Labute approximate surface area is 117 Å². The van der Waals surface area contributed by atoms with Gasteiger partial charge >= 0.3 is 0 Å². The first-order valence-electron chi connectivity index (χ1n) is 6.35. The molecule has 7 nitrogen and oxygen atoms in total. The number of nitro groups is 1. The van der Waals surface area contributed by atoms with Crippen molar-refractivity contribution >= 4 is 15.7 Å². The summed E-state index contributed by atoms with van der Waals surface area (Å²) < 4.78 is 26.7. The first-order chi connectivity index (χ1) is 9.39. The Morgan fingerprint density at radius 2 is 2.20 bits per heavy atom. The zero-order chi connectivity index (χ0) is 14.9. The van der Waals surface area contributed by atoms with E-state index in [0.29, 0.717) is 6.54 Å². The third-order valence-electron chi connectivity index (χ3n) is 3.63. The quantitative estimate of drug-likeness (QED) is 0.659. The molecule has 110 valence electrons. The number of hydrogen-bond acceptors (Lipinski definition) is 5. The summed E-state index contributed by atoms with van der Waals surface area (Å²) in [7, 11) is -3.74. The maximum Gasteiger partial charge on any atom is 0.273 e. The minimum absolute atomic E-state index is 0.00736. The maximum absolute atomic E-state index is 12.6. The van der Waals surface area contributed by atoms with Crippen LogP contribution in [-0.2, 0) is 10.0 Å². The van der Waals surface area contributed by atoms with E-state index in [0.717, 1.165) is 12.8 Å². The molecule has 0 bridgehead atoms. The van der Waals surface area contributed by atoms with Crippen LogP contribution in [0.25, 0.3) is 0 Å². The molecule has 1 atom stereocenters.